The van der Waals surface area contributed by atoms with Gasteiger partial charge in [-0.2, -0.15) is 5.10 Å². The second kappa shape index (κ2) is 5.49. The Morgan fingerprint density at radius 2 is 2.19 bits per heavy atom. The zero-order valence-electron chi connectivity index (χ0n) is 11.3. The van der Waals surface area contributed by atoms with E-state index in [1.807, 2.05) is 15.6 Å². The summed E-state index contributed by atoms with van der Waals surface area (Å²) < 4.78 is 1.88. The Kier molecular flexibility index (Phi) is 3.53. The maximum Gasteiger partial charge on any atom is 0.356 e. The normalized spacial score (nSPS) is 14.6. The van der Waals surface area contributed by atoms with Gasteiger partial charge in [-0.05, 0) is 12.5 Å². The molecule has 8 nitrogen and oxygen atoms in total. The molecular weight excluding hydrogens is 274 g/mol. The number of fused-ring (bicyclic) bond motifs is 1. The van der Waals surface area contributed by atoms with E-state index >= 15 is 0 Å². The smallest absolute Gasteiger partial charge is 0.356 e. The highest BCUT2D eigenvalue weighted by molar-refractivity contribution is 5.85. The van der Waals surface area contributed by atoms with Gasteiger partial charge in [-0.15, -0.1) is 0 Å². The molecule has 0 fully saturated rings. The minimum atomic E-state index is -1.09. The monoisotopic (exact) mass is 289 g/mol. The SMILES string of the molecule is O=C(O)c1cncc(N2CCCn3nc(CO)cc3C2)n1. The fourth-order valence-corrected chi connectivity index (χ4v) is 2.41. The number of hydrogen-bond donors (Lipinski definition) is 2. The number of aliphatic hydroxyl groups excluding tert-OH is 1. The Labute approximate surface area is 120 Å². The van der Waals surface area contributed by atoms with Crippen LogP contribution in [0, 0.1) is 0 Å². The number of carboxylic acids is 1. The van der Waals surface area contributed by atoms with E-state index < -0.39 is 5.97 Å². The van der Waals surface area contributed by atoms with Gasteiger partial charge >= 0.3 is 5.97 Å². The molecule has 0 unspecified atom stereocenters. The highest BCUT2D eigenvalue weighted by atomic mass is 16.4. The Morgan fingerprint density at radius 3 is 2.95 bits per heavy atom. The Balaban J connectivity index is 1.89. The third-order valence-corrected chi connectivity index (χ3v) is 3.39. The maximum atomic E-state index is 11.0. The summed E-state index contributed by atoms with van der Waals surface area (Å²) in [5, 5.41) is 22.5. The predicted octanol–water partition coefficient (Wildman–Crippen LogP) is 0.274. The van der Waals surface area contributed by atoms with Gasteiger partial charge in [-0.1, -0.05) is 0 Å². The molecule has 110 valence electrons. The molecule has 3 rings (SSSR count). The summed E-state index contributed by atoms with van der Waals surface area (Å²) in [7, 11) is 0. The lowest BCUT2D eigenvalue weighted by Gasteiger charge is -2.20. The first-order chi connectivity index (χ1) is 10.2. The highest BCUT2D eigenvalue weighted by Crippen LogP contribution is 2.19. The number of aromatic nitrogens is 4. The van der Waals surface area contributed by atoms with Crippen molar-refractivity contribution in [1.82, 2.24) is 19.7 Å². The van der Waals surface area contributed by atoms with Crippen molar-refractivity contribution in [2.45, 2.75) is 26.1 Å². The van der Waals surface area contributed by atoms with Gasteiger partial charge in [0.05, 0.1) is 36.9 Å². The topological polar surface area (TPSA) is 104 Å². The van der Waals surface area contributed by atoms with Crippen LogP contribution in [0.25, 0.3) is 0 Å². The van der Waals surface area contributed by atoms with Crippen molar-refractivity contribution in [1.29, 1.82) is 0 Å². The lowest BCUT2D eigenvalue weighted by Crippen LogP contribution is -2.24. The van der Waals surface area contributed by atoms with Gasteiger partial charge in [0.2, 0.25) is 0 Å². The van der Waals surface area contributed by atoms with Crippen LogP contribution in [0.5, 0.6) is 0 Å². The zero-order chi connectivity index (χ0) is 14.8. The molecule has 0 spiro atoms. The van der Waals surface area contributed by atoms with Crippen molar-refractivity contribution in [3.63, 3.8) is 0 Å². The molecule has 0 radical (unpaired) electrons. The largest absolute Gasteiger partial charge is 0.476 e. The summed E-state index contributed by atoms with van der Waals surface area (Å²) in [4.78, 5) is 21.0. The molecular formula is C13H15N5O3. The molecule has 0 bridgehead atoms. The quantitative estimate of drug-likeness (QED) is 0.835. The molecule has 1 aliphatic rings. The van der Waals surface area contributed by atoms with E-state index in [9.17, 15) is 4.79 Å². The van der Waals surface area contributed by atoms with Crippen LogP contribution in [0.3, 0.4) is 0 Å². The molecule has 8 heteroatoms. The third kappa shape index (κ3) is 2.70. The maximum absolute atomic E-state index is 11.0. The van der Waals surface area contributed by atoms with Crippen molar-refractivity contribution in [3.05, 3.63) is 35.5 Å². The van der Waals surface area contributed by atoms with Crippen LogP contribution in [0.2, 0.25) is 0 Å². The molecule has 0 amide bonds. The average Bonchev–Trinajstić information content (AvgIpc) is 2.78. The minimum Gasteiger partial charge on any atom is -0.476 e. The zero-order valence-corrected chi connectivity index (χ0v) is 11.3. The van der Waals surface area contributed by atoms with Gasteiger partial charge in [0.15, 0.2) is 5.69 Å². The lowest BCUT2D eigenvalue weighted by molar-refractivity contribution is 0.0690. The first-order valence-electron chi connectivity index (χ1n) is 6.64. The van der Waals surface area contributed by atoms with Gasteiger partial charge < -0.3 is 15.1 Å². The Morgan fingerprint density at radius 1 is 1.33 bits per heavy atom. The van der Waals surface area contributed by atoms with Crippen molar-refractivity contribution in [2.24, 2.45) is 0 Å². The number of carboxylic acid groups (broad SMARTS) is 1. The minimum absolute atomic E-state index is 0.0682. The van der Waals surface area contributed by atoms with Crippen LogP contribution in [-0.4, -0.2) is 42.5 Å². The van der Waals surface area contributed by atoms with Crippen molar-refractivity contribution >= 4 is 11.8 Å². The van der Waals surface area contributed by atoms with E-state index in [-0.39, 0.29) is 12.3 Å². The molecule has 0 aliphatic carbocycles. The van der Waals surface area contributed by atoms with Gasteiger partial charge in [-0.3, -0.25) is 9.67 Å². The van der Waals surface area contributed by atoms with Crippen LogP contribution < -0.4 is 4.90 Å². The lowest BCUT2D eigenvalue weighted by atomic mass is 10.3. The van der Waals surface area contributed by atoms with Gasteiger partial charge in [-0.25, -0.2) is 9.78 Å². The Bertz CT molecular complexity index is 670. The van der Waals surface area contributed by atoms with E-state index in [1.165, 1.54) is 6.20 Å². The van der Waals surface area contributed by atoms with Crippen molar-refractivity contribution in [3.8, 4) is 0 Å². The molecule has 2 aromatic rings. The predicted molar refractivity (Wildman–Crippen MR) is 72.8 cm³/mol. The molecule has 21 heavy (non-hydrogen) atoms. The molecule has 2 N–H and O–H groups in total. The van der Waals surface area contributed by atoms with Crippen molar-refractivity contribution < 1.29 is 15.0 Å². The number of hydrogen-bond acceptors (Lipinski definition) is 6. The molecule has 0 aromatic carbocycles. The van der Waals surface area contributed by atoms with Gasteiger partial charge in [0.1, 0.15) is 5.82 Å². The van der Waals surface area contributed by atoms with Crippen LogP contribution in [0.15, 0.2) is 18.5 Å². The summed E-state index contributed by atoms with van der Waals surface area (Å²) in [6.45, 7) is 1.98. The molecule has 0 saturated heterocycles. The number of aromatic carboxylic acids is 1. The number of aliphatic hydroxyl groups is 1. The van der Waals surface area contributed by atoms with Crippen LogP contribution in [0.1, 0.15) is 28.3 Å². The number of carbonyl (C=O) groups is 1. The van der Waals surface area contributed by atoms with Gasteiger partial charge in [0, 0.05) is 13.1 Å². The van der Waals surface area contributed by atoms with E-state index in [0.29, 0.717) is 18.1 Å². The summed E-state index contributed by atoms with van der Waals surface area (Å²) in [6, 6.07) is 1.85. The molecule has 0 saturated carbocycles. The van der Waals surface area contributed by atoms with Crippen LogP contribution in [-0.2, 0) is 19.7 Å². The second-order valence-corrected chi connectivity index (χ2v) is 4.85. The number of aryl methyl sites for hydroxylation is 1. The van der Waals surface area contributed by atoms with E-state index in [1.54, 1.807) is 6.20 Å². The number of rotatable bonds is 3. The molecule has 2 aromatic heterocycles. The number of nitrogens with zero attached hydrogens (tertiary/aromatic N) is 5. The summed E-state index contributed by atoms with van der Waals surface area (Å²) in [5.41, 5.74) is 1.54. The fourth-order valence-electron chi connectivity index (χ4n) is 2.41. The standard InChI is InChI=1S/C13H15N5O3/c19-8-9-4-10-7-17(2-1-3-18(10)16-9)12-6-14-5-11(15-12)13(20)21/h4-6,19H,1-3,7-8H2,(H,20,21). The first-order valence-corrected chi connectivity index (χ1v) is 6.64. The molecule has 3 heterocycles. The van der Waals surface area contributed by atoms with Crippen molar-refractivity contribution in [2.75, 3.05) is 11.4 Å². The first kappa shape index (κ1) is 13.5. The second-order valence-electron chi connectivity index (χ2n) is 4.85. The van der Waals surface area contributed by atoms with Crippen LogP contribution in [0.4, 0.5) is 5.82 Å². The van der Waals surface area contributed by atoms with Gasteiger partial charge in [0.25, 0.3) is 0 Å². The average molecular weight is 289 g/mol. The molecule has 1 aliphatic heterocycles. The highest BCUT2D eigenvalue weighted by Gasteiger charge is 2.19. The van der Waals surface area contributed by atoms with Crippen LogP contribution >= 0.6 is 0 Å². The third-order valence-electron chi connectivity index (χ3n) is 3.39. The molecule has 0 atom stereocenters. The number of anilines is 1. The van der Waals surface area contributed by atoms with E-state index in [0.717, 1.165) is 25.2 Å². The van der Waals surface area contributed by atoms with E-state index in [4.69, 9.17) is 10.2 Å². The Hall–Kier alpha value is -2.48. The fraction of sp³-hybridized carbons (Fsp3) is 0.385. The summed E-state index contributed by atoms with van der Waals surface area (Å²) >= 11 is 0. The van der Waals surface area contributed by atoms with E-state index in [2.05, 4.69) is 15.1 Å². The summed E-state index contributed by atoms with van der Waals surface area (Å²) in [6.07, 6.45) is 3.65. The summed E-state index contributed by atoms with van der Waals surface area (Å²) in [5.74, 6) is -0.554.